The van der Waals surface area contributed by atoms with Crippen LogP contribution >= 0.6 is 0 Å². The molecule has 1 aromatic carbocycles. The SMILES string of the molecule is CC[C@H](CCc1ccccc1)C(=O)N1CCC[C@H]1C(=O)OC. The first-order valence-corrected chi connectivity index (χ1v) is 8.09. The normalized spacial score (nSPS) is 19.0. The highest BCUT2D eigenvalue weighted by Crippen LogP contribution is 2.24. The lowest BCUT2D eigenvalue weighted by Gasteiger charge is -2.27. The monoisotopic (exact) mass is 303 g/mol. The third-order valence-electron chi connectivity index (χ3n) is 4.48. The molecular formula is C18H25NO3. The first kappa shape index (κ1) is 16.5. The predicted molar refractivity (Wildman–Crippen MR) is 85.3 cm³/mol. The average Bonchev–Trinajstić information content (AvgIpc) is 3.05. The summed E-state index contributed by atoms with van der Waals surface area (Å²) in [5, 5.41) is 0. The first-order valence-electron chi connectivity index (χ1n) is 8.09. The van der Waals surface area contributed by atoms with E-state index in [2.05, 4.69) is 12.1 Å². The van der Waals surface area contributed by atoms with E-state index in [4.69, 9.17) is 4.74 Å². The van der Waals surface area contributed by atoms with E-state index in [1.165, 1.54) is 12.7 Å². The number of aryl methyl sites for hydroxylation is 1. The van der Waals surface area contributed by atoms with Crippen molar-refractivity contribution in [3.8, 4) is 0 Å². The summed E-state index contributed by atoms with van der Waals surface area (Å²) in [6.45, 7) is 2.71. The van der Waals surface area contributed by atoms with Crippen LogP contribution in [0.25, 0.3) is 0 Å². The minimum atomic E-state index is -0.386. The Hall–Kier alpha value is -1.84. The van der Waals surface area contributed by atoms with E-state index in [9.17, 15) is 9.59 Å². The van der Waals surface area contributed by atoms with Crippen molar-refractivity contribution in [1.29, 1.82) is 0 Å². The van der Waals surface area contributed by atoms with E-state index >= 15 is 0 Å². The maximum atomic E-state index is 12.7. The summed E-state index contributed by atoms with van der Waals surface area (Å²) >= 11 is 0. The lowest BCUT2D eigenvalue weighted by Crippen LogP contribution is -2.44. The molecule has 1 aliphatic rings. The molecule has 0 radical (unpaired) electrons. The summed E-state index contributed by atoms with van der Waals surface area (Å²) in [5.41, 5.74) is 1.25. The number of amides is 1. The van der Waals surface area contributed by atoms with Gasteiger partial charge in [0.25, 0.3) is 0 Å². The van der Waals surface area contributed by atoms with Crippen LogP contribution in [0.2, 0.25) is 0 Å². The number of hydrogen-bond acceptors (Lipinski definition) is 3. The predicted octanol–water partition coefficient (Wildman–Crippen LogP) is 2.81. The Kier molecular flexibility index (Phi) is 5.99. The molecule has 1 aliphatic heterocycles. The van der Waals surface area contributed by atoms with Crippen molar-refractivity contribution in [2.45, 2.75) is 45.1 Å². The van der Waals surface area contributed by atoms with Gasteiger partial charge in [-0.25, -0.2) is 4.79 Å². The van der Waals surface area contributed by atoms with Gasteiger partial charge in [0.05, 0.1) is 7.11 Å². The molecule has 0 aliphatic carbocycles. The molecule has 4 heteroatoms. The second-order valence-electron chi connectivity index (χ2n) is 5.84. The molecule has 1 aromatic rings. The summed E-state index contributed by atoms with van der Waals surface area (Å²) in [4.78, 5) is 26.3. The van der Waals surface area contributed by atoms with Gasteiger partial charge in [-0.2, -0.15) is 0 Å². The van der Waals surface area contributed by atoms with E-state index in [0.29, 0.717) is 13.0 Å². The molecule has 0 saturated carbocycles. The van der Waals surface area contributed by atoms with Crippen molar-refractivity contribution in [2.75, 3.05) is 13.7 Å². The molecule has 1 heterocycles. The number of ether oxygens (including phenoxy) is 1. The number of rotatable bonds is 6. The lowest BCUT2D eigenvalue weighted by atomic mass is 9.95. The largest absolute Gasteiger partial charge is 0.467 e. The molecule has 0 spiro atoms. The van der Waals surface area contributed by atoms with E-state index in [-0.39, 0.29) is 23.8 Å². The molecule has 1 saturated heterocycles. The van der Waals surface area contributed by atoms with Crippen LogP contribution < -0.4 is 0 Å². The molecule has 2 rings (SSSR count). The van der Waals surface area contributed by atoms with Gasteiger partial charge in [-0.15, -0.1) is 0 Å². The molecule has 2 atom stereocenters. The highest BCUT2D eigenvalue weighted by atomic mass is 16.5. The number of benzene rings is 1. The van der Waals surface area contributed by atoms with Crippen molar-refractivity contribution < 1.29 is 14.3 Å². The molecule has 22 heavy (non-hydrogen) atoms. The Bertz CT molecular complexity index is 500. The Labute approximate surface area is 132 Å². The molecule has 0 unspecified atom stereocenters. The summed E-state index contributed by atoms with van der Waals surface area (Å²) in [7, 11) is 1.38. The van der Waals surface area contributed by atoms with Gasteiger partial charge in [0.15, 0.2) is 0 Å². The topological polar surface area (TPSA) is 46.6 Å². The summed E-state index contributed by atoms with van der Waals surface area (Å²) < 4.78 is 4.82. The average molecular weight is 303 g/mol. The fraction of sp³-hybridized carbons (Fsp3) is 0.556. The molecule has 0 aromatic heterocycles. The zero-order valence-electron chi connectivity index (χ0n) is 13.5. The van der Waals surface area contributed by atoms with Gasteiger partial charge in [0.2, 0.25) is 5.91 Å². The second kappa shape index (κ2) is 7.97. The lowest BCUT2D eigenvalue weighted by molar-refractivity contribution is -0.152. The Morgan fingerprint density at radius 1 is 1.32 bits per heavy atom. The van der Waals surface area contributed by atoms with Gasteiger partial charge in [-0.3, -0.25) is 4.79 Å². The van der Waals surface area contributed by atoms with Crippen LogP contribution in [0.3, 0.4) is 0 Å². The van der Waals surface area contributed by atoms with E-state index in [1.54, 1.807) is 4.90 Å². The molecule has 1 fully saturated rings. The quantitative estimate of drug-likeness (QED) is 0.759. The highest BCUT2D eigenvalue weighted by Gasteiger charge is 2.36. The number of likely N-dealkylation sites (tertiary alicyclic amines) is 1. The number of hydrogen-bond donors (Lipinski definition) is 0. The molecule has 4 nitrogen and oxygen atoms in total. The van der Waals surface area contributed by atoms with Crippen LogP contribution in [0, 0.1) is 5.92 Å². The van der Waals surface area contributed by atoms with Crippen LogP contribution in [0.4, 0.5) is 0 Å². The van der Waals surface area contributed by atoms with E-state index in [0.717, 1.165) is 25.7 Å². The zero-order chi connectivity index (χ0) is 15.9. The van der Waals surface area contributed by atoms with E-state index < -0.39 is 0 Å². The minimum Gasteiger partial charge on any atom is -0.467 e. The number of carbonyl (C=O) groups excluding carboxylic acids is 2. The fourth-order valence-corrected chi connectivity index (χ4v) is 3.13. The van der Waals surface area contributed by atoms with Crippen LogP contribution in [0.1, 0.15) is 38.2 Å². The van der Waals surface area contributed by atoms with Crippen LogP contribution in [-0.4, -0.2) is 36.5 Å². The van der Waals surface area contributed by atoms with Crippen LogP contribution in [-0.2, 0) is 20.7 Å². The van der Waals surface area contributed by atoms with Crippen molar-refractivity contribution in [3.63, 3.8) is 0 Å². The third kappa shape index (κ3) is 3.87. The third-order valence-corrected chi connectivity index (χ3v) is 4.48. The van der Waals surface area contributed by atoms with Crippen LogP contribution in [0.5, 0.6) is 0 Å². The summed E-state index contributed by atoms with van der Waals surface area (Å²) in [6.07, 6.45) is 4.11. The Balaban J connectivity index is 1.97. The van der Waals surface area contributed by atoms with Crippen molar-refractivity contribution in [1.82, 2.24) is 4.90 Å². The molecule has 1 amide bonds. The molecule has 0 N–H and O–H groups in total. The smallest absolute Gasteiger partial charge is 0.328 e. The number of carbonyl (C=O) groups is 2. The fourth-order valence-electron chi connectivity index (χ4n) is 3.13. The standard InChI is InChI=1S/C18H25NO3/c1-3-15(12-11-14-8-5-4-6-9-14)17(20)19-13-7-10-16(19)18(21)22-2/h4-6,8-9,15-16H,3,7,10-13H2,1-2H3/t15-,16+/m1/s1. The molecule has 0 bridgehead atoms. The number of esters is 1. The van der Waals surface area contributed by atoms with Gasteiger partial charge < -0.3 is 9.64 Å². The molecule has 120 valence electrons. The zero-order valence-corrected chi connectivity index (χ0v) is 13.5. The summed E-state index contributed by atoms with van der Waals surface area (Å²) in [6, 6.07) is 9.83. The maximum Gasteiger partial charge on any atom is 0.328 e. The highest BCUT2D eigenvalue weighted by molar-refractivity contribution is 5.86. The number of methoxy groups -OCH3 is 1. The van der Waals surface area contributed by atoms with Crippen molar-refractivity contribution in [3.05, 3.63) is 35.9 Å². The van der Waals surface area contributed by atoms with Crippen LogP contribution in [0.15, 0.2) is 30.3 Å². The van der Waals surface area contributed by atoms with Gasteiger partial charge >= 0.3 is 5.97 Å². The Morgan fingerprint density at radius 3 is 2.68 bits per heavy atom. The number of nitrogens with zero attached hydrogens (tertiary/aromatic N) is 1. The van der Waals surface area contributed by atoms with Gasteiger partial charge in [-0.1, -0.05) is 37.3 Å². The maximum absolute atomic E-state index is 12.7. The molecular weight excluding hydrogens is 278 g/mol. The first-order chi connectivity index (χ1) is 10.7. The minimum absolute atomic E-state index is 0.0227. The van der Waals surface area contributed by atoms with Crippen molar-refractivity contribution in [2.24, 2.45) is 5.92 Å². The van der Waals surface area contributed by atoms with E-state index in [1.807, 2.05) is 25.1 Å². The van der Waals surface area contributed by atoms with Crippen molar-refractivity contribution >= 4 is 11.9 Å². The summed E-state index contributed by atoms with van der Waals surface area (Å²) in [5.74, 6) is -0.208. The van der Waals surface area contributed by atoms with Gasteiger partial charge in [-0.05, 0) is 37.7 Å². The van der Waals surface area contributed by atoms with Gasteiger partial charge in [0.1, 0.15) is 6.04 Å². The van der Waals surface area contributed by atoms with Gasteiger partial charge in [0, 0.05) is 12.5 Å². The second-order valence-corrected chi connectivity index (χ2v) is 5.84. The Morgan fingerprint density at radius 2 is 2.05 bits per heavy atom.